The van der Waals surface area contributed by atoms with Crippen molar-refractivity contribution in [2.45, 2.75) is 43.8 Å². The first-order valence-corrected chi connectivity index (χ1v) is 12.1. The van der Waals surface area contributed by atoms with Gasteiger partial charge in [0.2, 0.25) is 0 Å². The topological polar surface area (TPSA) is 117 Å². The van der Waals surface area contributed by atoms with Crippen LogP contribution in [0.5, 0.6) is 0 Å². The Morgan fingerprint density at radius 2 is 1.76 bits per heavy atom. The number of rotatable bonds is 8. The van der Waals surface area contributed by atoms with Gasteiger partial charge in [-0.05, 0) is 35.4 Å². The third kappa shape index (κ3) is 5.59. The summed E-state index contributed by atoms with van der Waals surface area (Å²) in [6, 6.07) is 12.2. The molecule has 1 unspecified atom stereocenters. The molecule has 13 heteroatoms. The predicted octanol–water partition coefficient (Wildman–Crippen LogP) is 3.52. The van der Waals surface area contributed by atoms with Gasteiger partial charge in [0.25, 0.3) is 0 Å². The first-order valence-electron chi connectivity index (χ1n) is 11.7. The van der Waals surface area contributed by atoms with Crippen LogP contribution in [-0.4, -0.2) is 54.6 Å². The fourth-order valence-electron chi connectivity index (χ4n) is 4.30. The number of benzene rings is 2. The summed E-state index contributed by atoms with van der Waals surface area (Å²) in [5.41, 5.74) is 1.73. The standard InChI is InChI=1S/C25H24ClF3N6O3/c26-17-3-1-2-15(8-17)10-31-22-19-23(33-12-32-22)35(13-34-19)24-21(37)20(36)18(38-24)11-30-9-14-4-6-16(7-5-14)25(27,28)29/h1-8,12-13,18,20-21,24,30,36-37H,9-11H2,(H,31,32,33)/t18-,20?,21+,24-/m1/s1. The lowest BCUT2D eigenvalue weighted by Gasteiger charge is -2.17. The molecule has 0 bridgehead atoms. The fourth-order valence-corrected chi connectivity index (χ4v) is 4.51. The lowest BCUT2D eigenvalue weighted by molar-refractivity contribution is -0.137. The highest BCUT2D eigenvalue weighted by molar-refractivity contribution is 6.30. The molecule has 1 saturated heterocycles. The molecule has 9 nitrogen and oxygen atoms in total. The first kappa shape index (κ1) is 26.3. The summed E-state index contributed by atoms with van der Waals surface area (Å²) in [7, 11) is 0. The minimum Gasteiger partial charge on any atom is -0.387 e. The number of alkyl halides is 3. The van der Waals surface area contributed by atoms with E-state index in [1.54, 1.807) is 6.07 Å². The average Bonchev–Trinajstić information content (AvgIpc) is 3.44. The zero-order chi connectivity index (χ0) is 26.9. The molecule has 0 amide bonds. The summed E-state index contributed by atoms with van der Waals surface area (Å²) >= 11 is 6.05. The van der Waals surface area contributed by atoms with Crippen molar-refractivity contribution >= 4 is 28.6 Å². The lowest BCUT2D eigenvalue weighted by Crippen LogP contribution is -2.37. The third-order valence-electron chi connectivity index (χ3n) is 6.28. The molecule has 5 rings (SSSR count). The van der Waals surface area contributed by atoms with Gasteiger partial charge in [-0.2, -0.15) is 13.2 Å². The Morgan fingerprint density at radius 1 is 0.974 bits per heavy atom. The summed E-state index contributed by atoms with van der Waals surface area (Å²) in [5.74, 6) is 0.483. The van der Waals surface area contributed by atoms with Gasteiger partial charge in [0.05, 0.1) is 11.9 Å². The van der Waals surface area contributed by atoms with E-state index in [4.69, 9.17) is 16.3 Å². The Bertz CT molecular complexity index is 1400. The van der Waals surface area contributed by atoms with E-state index in [0.717, 1.165) is 17.7 Å². The van der Waals surface area contributed by atoms with Gasteiger partial charge in [0, 0.05) is 24.7 Å². The first-order chi connectivity index (χ1) is 18.2. The fraction of sp³-hybridized carbons (Fsp3) is 0.320. The van der Waals surface area contributed by atoms with Crippen molar-refractivity contribution in [3.8, 4) is 0 Å². The maximum Gasteiger partial charge on any atom is 0.416 e. The SMILES string of the molecule is OC1[C@@H](CNCc2ccc(C(F)(F)F)cc2)O[C@@H](n2cnc3c(NCc4cccc(Cl)c4)ncnc32)[C@H]1O. The molecule has 1 aliphatic rings. The van der Waals surface area contributed by atoms with Gasteiger partial charge in [-0.3, -0.25) is 4.57 Å². The van der Waals surface area contributed by atoms with Crippen LogP contribution in [0.25, 0.3) is 11.2 Å². The van der Waals surface area contributed by atoms with Crippen LogP contribution >= 0.6 is 11.6 Å². The van der Waals surface area contributed by atoms with E-state index in [2.05, 4.69) is 25.6 Å². The molecule has 0 saturated carbocycles. The molecule has 200 valence electrons. The molecule has 2 aromatic carbocycles. The van der Waals surface area contributed by atoms with Crippen molar-refractivity contribution in [1.29, 1.82) is 0 Å². The molecule has 4 aromatic rings. The second-order valence-corrected chi connectivity index (χ2v) is 9.34. The number of aromatic nitrogens is 4. The highest BCUT2D eigenvalue weighted by Crippen LogP contribution is 2.32. The molecule has 38 heavy (non-hydrogen) atoms. The highest BCUT2D eigenvalue weighted by Gasteiger charge is 2.44. The molecule has 2 aromatic heterocycles. The van der Waals surface area contributed by atoms with Gasteiger partial charge < -0.3 is 25.6 Å². The molecule has 3 heterocycles. The average molecular weight is 549 g/mol. The van der Waals surface area contributed by atoms with Gasteiger partial charge in [-0.1, -0.05) is 35.9 Å². The summed E-state index contributed by atoms with van der Waals surface area (Å²) in [4.78, 5) is 12.9. The normalized spacial score (nSPS) is 21.7. The number of anilines is 1. The van der Waals surface area contributed by atoms with E-state index in [0.29, 0.717) is 34.1 Å². The number of nitrogens with zero attached hydrogens (tertiary/aromatic N) is 4. The van der Waals surface area contributed by atoms with Gasteiger partial charge in [-0.25, -0.2) is 15.0 Å². The van der Waals surface area contributed by atoms with Crippen molar-refractivity contribution in [3.05, 3.63) is 82.9 Å². The van der Waals surface area contributed by atoms with Crippen LogP contribution in [0.4, 0.5) is 19.0 Å². The maximum absolute atomic E-state index is 12.7. The van der Waals surface area contributed by atoms with Crippen LogP contribution in [0.1, 0.15) is 22.9 Å². The van der Waals surface area contributed by atoms with Gasteiger partial charge in [0.1, 0.15) is 24.6 Å². The number of aliphatic hydroxyl groups is 2. The van der Waals surface area contributed by atoms with Crippen molar-refractivity contribution in [2.75, 3.05) is 11.9 Å². The van der Waals surface area contributed by atoms with E-state index in [1.807, 2.05) is 18.2 Å². The van der Waals surface area contributed by atoms with Crippen molar-refractivity contribution < 1.29 is 28.1 Å². The molecule has 1 aliphatic heterocycles. The smallest absolute Gasteiger partial charge is 0.387 e. The van der Waals surface area contributed by atoms with Crippen LogP contribution in [0.15, 0.2) is 61.2 Å². The molecule has 4 atom stereocenters. The van der Waals surface area contributed by atoms with E-state index in [1.165, 1.54) is 29.4 Å². The summed E-state index contributed by atoms with van der Waals surface area (Å²) in [6.07, 6.45) is -5.77. The summed E-state index contributed by atoms with van der Waals surface area (Å²) < 4.78 is 45.7. The van der Waals surface area contributed by atoms with Gasteiger partial charge in [0.15, 0.2) is 23.2 Å². The number of ether oxygens (including phenoxy) is 1. The Balaban J connectivity index is 1.23. The summed E-state index contributed by atoms with van der Waals surface area (Å²) in [5, 5.41) is 28.2. The van der Waals surface area contributed by atoms with Gasteiger partial charge >= 0.3 is 6.18 Å². The monoisotopic (exact) mass is 548 g/mol. The van der Waals surface area contributed by atoms with Crippen LogP contribution in [0, 0.1) is 0 Å². The second kappa shape index (κ2) is 10.8. The minimum absolute atomic E-state index is 0.157. The Hall–Kier alpha value is -3.29. The van der Waals surface area contributed by atoms with Gasteiger partial charge in [-0.15, -0.1) is 0 Å². The van der Waals surface area contributed by atoms with E-state index >= 15 is 0 Å². The molecule has 1 fully saturated rings. The van der Waals surface area contributed by atoms with Crippen LogP contribution < -0.4 is 10.6 Å². The zero-order valence-corrected chi connectivity index (χ0v) is 20.6. The Kier molecular flexibility index (Phi) is 7.50. The highest BCUT2D eigenvalue weighted by atomic mass is 35.5. The largest absolute Gasteiger partial charge is 0.416 e. The minimum atomic E-state index is -4.39. The van der Waals surface area contributed by atoms with Crippen molar-refractivity contribution in [2.24, 2.45) is 0 Å². The molecule has 0 radical (unpaired) electrons. The number of hydrogen-bond donors (Lipinski definition) is 4. The van der Waals surface area contributed by atoms with Crippen LogP contribution in [0.2, 0.25) is 5.02 Å². The number of imidazole rings is 1. The lowest BCUT2D eigenvalue weighted by atomic mass is 10.1. The molecule has 0 spiro atoms. The van der Waals surface area contributed by atoms with E-state index in [-0.39, 0.29) is 13.1 Å². The third-order valence-corrected chi connectivity index (χ3v) is 6.51. The predicted molar refractivity (Wildman–Crippen MR) is 133 cm³/mol. The molecular weight excluding hydrogens is 525 g/mol. The number of hydrogen-bond acceptors (Lipinski definition) is 8. The van der Waals surface area contributed by atoms with Crippen molar-refractivity contribution in [1.82, 2.24) is 24.8 Å². The molecule has 4 N–H and O–H groups in total. The molecule has 0 aliphatic carbocycles. The van der Waals surface area contributed by atoms with Crippen molar-refractivity contribution in [3.63, 3.8) is 0 Å². The number of fused-ring (bicyclic) bond motifs is 1. The molecular formula is C25H24ClF3N6O3. The number of aliphatic hydroxyl groups excluding tert-OH is 2. The van der Waals surface area contributed by atoms with Crippen LogP contribution in [0.3, 0.4) is 0 Å². The quantitative estimate of drug-likeness (QED) is 0.264. The summed E-state index contributed by atoms with van der Waals surface area (Å²) in [6.45, 7) is 0.867. The number of nitrogens with one attached hydrogen (secondary N) is 2. The second-order valence-electron chi connectivity index (χ2n) is 8.90. The van der Waals surface area contributed by atoms with E-state index in [9.17, 15) is 23.4 Å². The maximum atomic E-state index is 12.7. The zero-order valence-electron chi connectivity index (χ0n) is 19.8. The number of halogens is 4. The Morgan fingerprint density at radius 3 is 2.50 bits per heavy atom. The Labute approximate surface area is 220 Å². The van der Waals surface area contributed by atoms with Crippen LogP contribution in [-0.2, 0) is 24.0 Å². The van der Waals surface area contributed by atoms with E-state index < -0.39 is 36.3 Å².